The molecule has 0 unspecified atom stereocenters. The third kappa shape index (κ3) is 4.16. The number of hydrogen-bond donors (Lipinski definition) is 2. The molecule has 132 valence electrons. The van der Waals surface area contributed by atoms with Gasteiger partial charge in [-0.1, -0.05) is 23.8 Å². The van der Waals surface area contributed by atoms with Gasteiger partial charge in [-0.15, -0.1) is 10.2 Å². The van der Waals surface area contributed by atoms with Crippen LogP contribution in [0.25, 0.3) is 0 Å². The Kier molecular flexibility index (Phi) is 5.12. The van der Waals surface area contributed by atoms with Gasteiger partial charge in [-0.25, -0.2) is 0 Å². The number of nitrogens with one attached hydrogen (secondary N) is 2. The SMILES string of the molecule is COc1cccc(NC(=O)c2ccc(Nc3ccc(C)cc3C)nn2)c1. The van der Waals surface area contributed by atoms with Crippen LogP contribution < -0.4 is 15.4 Å². The maximum Gasteiger partial charge on any atom is 0.276 e. The molecule has 6 nitrogen and oxygen atoms in total. The smallest absolute Gasteiger partial charge is 0.276 e. The van der Waals surface area contributed by atoms with Crippen molar-refractivity contribution >= 4 is 23.1 Å². The first-order chi connectivity index (χ1) is 12.5. The molecule has 3 aromatic rings. The van der Waals surface area contributed by atoms with Crippen molar-refractivity contribution in [2.24, 2.45) is 0 Å². The molecule has 0 aliphatic carbocycles. The zero-order valence-electron chi connectivity index (χ0n) is 14.9. The van der Waals surface area contributed by atoms with Gasteiger partial charge in [0.15, 0.2) is 11.5 Å². The van der Waals surface area contributed by atoms with Crippen molar-refractivity contribution in [3.63, 3.8) is 0 Å². The van der Waals surface area contributed by atoms with Crippen molar-refractivity contribution in [3.8, 4) is 5.75 Å². The van der Waals surface area contributed by atoms with E-state index in [4.69, 9.17) is 4.74 Å². The molecule has 0 aliphatic rings. The second kappa shape index (κ2) is 7.65. The Bertz CT molecular complexity index is 923. The van der Waals surface area contributed by atoms with Crippen LogP contribution >= 0.6 is 0 Å². The van der Waals surface area contributed by atoms with Crippen LogP contribution in [0.3, 0.4) is 0 Å². The van der Waals surface area contributed by atoms with Gasteiger partial charge in [0, 0.05) is 17.4 Å². The molecule has 3 rings (SSSR count). The maximum atomic E-state index is 12.3. The third-order valence-corrected chi connectivity index (χ3v) is 3.87. The van der Waals surface area contributed by atoms with E-state index in [2.05, 4.69) is 26.9 Å². The zero-order valence-corrected chi connectivity index (χ0v) is 14.9. The number of amides is 1. The van der Waals surface area contributed by atoms with Crippen LogP contribution in [0.2, 0.25) is 0 Å². The molecule has 2 N–H and O–H groups in total. The predicted octanol–water partition coefficient (Wildman–Crippen LogP) is 4.10. The van der Waals surface area contributed by atoms with E-state index in [-0.39, 0.29) is 11.6 Å². The molecule has 0 fully saturated rings. The lowest BCUT2D eigenvalue weighted by Gasteiger charge is -2.10. The number of hydrogen-bond acceptors (Lipinski definition) is 5. The van der Waals surface area contributed by atoms with Crippen molar-refractivity contribution in [1.29, 1.82) is 0 Å². The Morgan fingerprint density at radius 2 is 1.85 bits per heavy atom. The second-order valence-corrected chi connectivity index (χ2v) is 5.93. The van der Waals surface area contributed by atoms with Crippen LogP contribution in [-0.4, -0.2) is 23.2 Å². The molecule has 1 aromatic heterocycles. The summed E-state index contributed by atoms with van der Waals surface area (Å²) < 4.78 is 5.14. The highest BCUT2D eigenvalue weighted by Crippen LogP contribution is 2.20. The van der Waals surface area contributed by atoms with Crippen LogP contribution in [0.4, 0.5) is 17.2 Å². The summed E-state index contributed by atoms with van der Waals surface area (Å²) in [7, 11) is 1.58. The molecule has 1 heterocycles. The summed E-state index contributed by atoms with van der Waals surface area (Å²) in [6.07, 6.45) is 0. The number of aryl methyl sites for hydroxylation is 2. The van der Waals surface area contributed by atoms with Gasteiger partial charge in [0.2, 0.25) is 0 Å². The van der Waals surface area contributed by atoms with E-state index in [0.29, 0.717) is 17.3 Å². The molecule has 0 saturated carbocycles. The number of carbonyl (C=O) groups excluding carboxylic acids is 1. The van der Waals surface area contributed by atoms with Gasteiger partial charge < -0.3 is 15.4 Å². The highest BCUT2D eigenvalue weighted by Gasteiger charge is 2.10. The molecule has 1 amide bonds. The van der Waals surface area contributed by atoms with Crippen molar-refractivity contribution in [3.05, 3.63) is 71.4 Å². The monoisotopic (exact) mass is 348 g/mol. The highest BCUT2D eigenvalue weighted by molar-refractivity contribution is 6.02. The summed E-state index contributed by atoms with van der Waals surface area (Å²) in [4.78, 5) is 12.3. The number of ether oxygens (including phenoxy) is 1. The quantitative estimate of drug-likeness (QED) is 0.726. The summed E-state index contributed by atoms with van der Waals surface area (Å²) in [5, 5.41) is 14.1. The summed E-state index contributed by atoms with van der Waals surface area (Å²) in [5.74, 6) is 0.917. The van der Waals surface area contributed by atoms with Crippen LogP contribution in [0, 0.1) is 13.8 Å². The van der Waals surface area contributed by atoms with Crippen LogP contribution in [-0.2, 0) is 0 Å². The van der Waals surface area contributed by atoms with Crippen LogP contribution in [0.1, 0.15) is 21.6 Å². The number of rotatable bonds is 5. The van der Waals surface area contributed by atoms with E-state index in [9.17, 15) is 4.79 Å². The molecule has 26 heavy (non-hydrogen) atoms. The number of methoxy groups -OCH3 is 1. The molecule has 6 heteroatoms. The molecular weight excluding hydrogens is 328 g/mol. The molecule has 0 bridgehead atoms. The summed E-state index contributed by atoms with van der Waals surface area (Å²) in [6, 6.07) is 16.6. The lowest BCUT2D eigenvalue weighted by molar-refractivity contribution is 0.102. The minimum absolute atomic E-state index is 0.235. The fraction of sp³-hybridized carbons (Fsp3) is 0.150. The van der Waals surface area contributed by atoms with Crippen LogP contribution in [0.15, 0.2) is 54.6 Å². The second-order valence-electron chi connectivity index (χ2n) is 5.93. The van der Waals surface area contributed by atoms with E-state index >= 15 is 0 Å². The zero-order chi connectivity index (χ0) is 18.5. The van der Waals surface area contributed by atoms with E-state index in [1.165, 1.54) is 5.56 Å². The van der Waals surface area contributed by atoms with Gasteiger partial charge in [0.1, 0.15) is 5.75 Å². The topological polar surface area (TPSA) is 76.1 Å². The first kappa shape index (κ1) is 17.4. The lowest BCUT2D eigenvalue weighted by Crippen LogP contribution is -2.14. The summed E-state index contributed by atoms with van der Waals surface area (Å²) >= 11 is 0. The molecule has 0 radical (unpaired) electrons. The van der Waals surface area contributed by atoms with Crippen molar-refractivity contribution in [2.45, 2.75) is 13.8 Å². The van der Waals surface area contributed by atoms with E-state index < -0.39 is 0 Å². The van der Waals surface area contributed by atoms with Gasteiger partial charge in [0.25, 0.3) is 5.91 Å². The van der Waals surface area contributed by atoms with Gasteiger partial charge in [-0.05, 0) is 49.7 Å². The Hall–Kier alpha value is -3.41. The minimum atomic E-state index is -0.330. The lowest BCUT2D eigenvalue weighted by atomic mass is 10.1. The predicted molar refractivity (Wildman–Crippen MR) is 102 cm³/mol. The van der Waals surface area contributed by atoms with Crippen molar-refractivity contribution in [2.75, 3.05) is 17.7 Å². The molecular formula is C20H20N4O2. The first-order valence-electron chi connectivity index (χ1n) is 8.18. The maximum absolute atomic E-state index is 12.3. The van der Waals surface area contributed by atoms with Crippen molar-refractivity contribution in [1.82, 2.24) is 10.2 Å². The number of anilines is 3. The largest absolute Gasteiger partial charge is 0.497 e. The van der Waals surface area contributed by atoms with Gasteiger partial charge in [0.05, 0.1) is 7.11 Å². The Labute approximate surface area is 152 Å². The van der Waals surface area contributed by atoms with E-state index in [0.717, 1.165) is 11.3 Å². The van der Waals surface area contributed by atoms with Crippen molar-refractivity contribution < 1.29 is 9.53 Å². The fourth-order valence-corrected chi connectivity index (χ4v) is 2.51. The minimum Gasteiger partial charge on any atom is -0.497 e. The normalized spacial score (nSPS) is 10.3. The number of aromatic nitrogens is 2. The van der Waals surface area contributed by atoms with E-state index in [1.54, 1.807) is 37.4 Å². The highest BCUT2D eigenvalue weighted by atomic mass is 16.5. The molecule has 0 spiro atoms. The Balaban J connectivity index is 1.69. The Morgan fingerprint density at radius 1 is 1.00 bits per heavy atom. The first-order valence-corrected chi connectivity index (χ1v) is 8.18. The number of nitrogens with zero attached hydrogens (tertiary/aromatic N) is 2. The number of benzene rings is 2. The average Bonchev–Trinajstić information content (AvgIpc) is 2.64. The summed E-state index contributed by atoms with van der Waals surface area (Å²) in [5.41, 5.74) is 4.14. The van der Waals surface area contributed by atoms with Crippen LogP contribution in [0.5, 0.6) is 5.75 Å². The molecule has 2 aromatic carbocycles. The number of carbonyl (C=O) groups is 1. The van der Waals surface area contributed by atoms with Gasteiger partial charge >= 0.3 is 0 Å². The van der Waals surface area contributed by atoms with Gasteiger partial charge in [-0.3, -0.25) is 4.79 Å². The standard InChI is InChI=1S/C20H20N4O2/c1-13-7-8-17(14(2)11-13)22-19-10-9-18(23-24-19)20(25)21-15-5-4-6-16(12-15)26-3/h4-12H,1-3H3,(H,21,25)(H,22,24). The van der Waals surface area contributed by atoms with E-state index in [1.807, 2.05) is 32.0 Å². The third-order valence-electron chi connectivity index (χ3n) is 3.87. The molecule has 0 atom stereocenters. The van der Waals surface area contributed by atoms with Gasteiger partial charge in [-0.2, -0.15) is 0 Å². The summed E-state index contributed by atoms with van der Waals surface area (Å²) in [6.45, 7) is 4.07. The molecule has 0 saturated heterocycles. The fourth-order valence-electron chi connectivity index (χ4n) is 2.51. The Morgan fingerprint density at radius 3 is 2.54 bits per heavy atom. The average molecular weight is 348 g/mol. The molecule has 0 aliphatic heterocycles.